The molecule has 9 nitrogen and oxygen atoms in total. The molecule has 2 amide bonds. The molecule has 0 aliphatic carbocycles. The second-order valence-electron chi connectivity index (χ2n) is 14.4. The van der Waals surface area contributed by atoms with Crippen LogP contribution in [0.3, 0.4) is 0 Å². The highest BCUT2D eigenvalue weighted by molar-refractivity contribution is 5.92. The van der Waals surface area contributed by atoms with Gasteiger partial charge in [-0.2, -0.15) is 0 Å². The number of aromatic nitrogens is 3. The highest BCUT2D eigenvalue weighted by atomic mass is 19.1. The van der Waals surface area contributed by atoms with Crippen molar-refractivity contribution in [3.8, 4) is 11.5 Å². The number of carboxylic acid groups (broad SMARTS) is 1. The zero-order chi connectivity index (χ0) is 34.5. The van der Waals surface area contributed by atoms with Crippen LogP contribution in [0.5, 0.6) is 0 Å². The molecule has 0 spiro atoms. The van der Waals surface area contributed by atoms with Gasteiger partial charge in [0, 0.05) is 36.6 Å². The summed E-state index contributed by atoms with van der Waals surface area (Å²) in [5, 5.41) is 11.2. The number of ether oxygens (including phenoxy) is 1. The van der Waals surface area contributed by atoms with Crippen LogP contribution >= 0.6 is 0 Å². The van der Waals surface area contributed by atoms with Crippen molar-refractivity contribution >= 4 is 34.1 Å². The Labute approximate surface area is 283 Å². The van der Waals surface area contributed by atoms with Gasteiger partial charge in [-0.05, 0) is 101 Å². The van der Waals surface area contributed by atoms with Crippen molar-refractivity contribution in [1.82, 2.24) is 24.3 Å². The lowest BCUT2D eigenvalue weighted by molar-refractivity contribution is 0.0215. The van der Waals surface area contributed by atoms with Crippen molar-refractivity contribution in [1.29, 1.82) is 0 Å². The van der Waals surface area contributed by atoms with Gasteiger partial charge in [-0.25, -0.2) is 23.4 Å². The topological polar surface area (TPSA) is 104 Å². The summed E-state index contributed by atoms with van der Waals surface area (Å²) in [6.07, 6.45) is 2.41. The van der Waals surface area contributed by atoms with Gasteiger partial charge in [0.05, 0.1) is 28.3 Å². The molecule has 2 N–H and O–H groups in total. The molecular weight excluding hydrogens is 628 g/mol. The van der Waals surface area contributed by atoms with Gasteiger partial charge in [0.15, 0.2) is 5.82 Å². The number of likely N-dealkylation sites (tertiary alicyclic amines) is 2. The Morgan fingerprint density at radius 1 is 1.00 bits per heavy atom. The van der Waals surface area contributed by atoms with Crippen LogP contribution in [0.15, 0.2) is 66.7 Å². The molecule has 3 aromatic carbocycles. The number of carbonyl (C=O) groups excluding carboxylic acids is 1. The quantitative estimate of drug-likeness (QED) is 0.182. The molecule has 2 fully saturated rings. The van der Waals surface area contributed by atoms with E-state index in [0.717, 1.165) is 29.4 Å². The number of hydrogen-bond acceptors (Lipinski definition) is 4. The lowest BCUT2D eigenvalue weighted by atomic mass is 9.81. The first-order valence-electron chi connectivity index (χ1n) is 16.9. The van der Waals surface area contributed by atoms with Crippen LogP contribution in [-0.2, 0) is 24.1 Å². The predicted molar refractivity (Wildman–Crippen MR) is 183 cm³/mol. The minimum atomic E-state index is -0.980. The number of nitrogens with one attached hydrogen (secondary N) is 1. The number of imidazole rings is 1. The molecule has 0 bridgehead atoms. The number of carbonyl (C=O) groups is 2. The van der Waals surface area contributed by atoms with Crippen molar-refractivity contribution in [2.45, 2.75) is 83.0 Å². The predicted octanol–water partition coefficient (Wildman–Crippen LogP) is 8.16. The van der Waals surface area contributed by atoms with Crippen LogP contribution in [0.4, 0.5) is 18.4 Å². The summed E-state index contributed by atoms with van der Waals surface area (Å²) in [5.41, 5.74) is 2.72. The average molecular weight is 670 g/mol. The third-order valence-electron chi connectivity index (χ3n) is 9.91. The van der Waals surface area contributed by atoms with Crippen molar-refractivity contribution in [2.75, 3.05) is 13.1 Å². The maximum absolute atomic E-state index is 14.7. The second-order valence-corrected chi connectivity index (χ2v) is 14.4. The van der Waals surface area contributed by atoms with Crippen LogP contribution in [0.2, 0.25) is 0 Å². The summed E-state index contributed by atoms with van der Waals surface area (Å²) >= 11 is 0. The first-order chi connectivity index (χ1) is 23.4. The first kappa shape index (κ1) is 32.6. The van der Waals surface area contributed by atoms with E-state index in [2.05, 4.69) is 4.98 Å². The van der Waals surface area contributed by atoms with E-state index in [1.54, 1.807) is 21.9 Å². The molecule has 11 heteroatoms. The van der Waals surface area contributed by atoms with Crippen LogP contribution in [0, 0.1) is 11.6 Å². The lowest BCUT2D eigenvalue weighted by Crippen LogP contribution is -2.50. The van der Waals surface area contributed by atoms with E-state index in [9.17, 15) is 23.5 Å². The van der Waals surface area contributed by atoms with E-state index in [-0.39, 0.29) is 12.1 Å². The Hall–Kier alpha value is -4.93. The maximum Gasteiger partial charge on any atom is 0.410 e. The normalized spacial score (nSPS) is 19.7. The molecule has 2 aliphatic rings. The number of nitrogens with zero attached hydrogens (tertiary/aromatic N) is 4. The molecule has 2 aliphatic heterocycles. The molecule has 7 rings (SSSR count). The van der Waals surface area contributed by atoms with Gasteiger partial charge in [-0.1, -0.05) is 30.3 Å². The summed E-state index contributed by atoms with van der Waals surface area (Å²) in [5.74, 6) is -0.324. The van der Waals surface area contributed by atoms with Crippen LogP contribution in [0.25, 0.3) is 33.5 Å². The third kappa shape index (κ3) is 6.34. The zero-order valence-electron chi connectivity index (χ0n) is 28.0. The van der Waals surface area contributed by atoms with E-state index >= 15 is 0 Å². The van der Waals surface area contributed by atoms with E-state index in [1.807, 2.05) is 55.7 Å². The highest BCUT2D eigenvalue weighted by Crippen LogP contribution is 2.42. The lowest BCUT2D eigenvalue weighted by Gasteiger charge is -2.37. The molecule has 2 aromatic heterocycles. The molecule has 256 valence electrons. The zero-order valence-corrected chi connectivity index (χ0v) is 28.0. The third-order valence-corrected chi connectivity index (χ3v) is 9.91. The minimum Gasteiger partial charge on any atom is -0.465 e. The fourth-order valence-corrected chi connectivity index (χ4v) is 7.85. The van der Waals surface area contributed by atoms with E-state index in [4.69, 9.17) is 9.72 Å². The summed E-state index contributed by atoms with van der Waals surface area (Å²) in [7, 11) is 0. The molecule has 0 saturated carbocycles. The Bertz CT molecular complexity index is 2030. The van der Waals surface area contributed by atoms with Gasteiger partial charge < -0.3 is 29.2 Å². The monoisotopic (exact) mass is 669 g/mol. The number of fused-ring (bicyclic) bond motifs is 2. The minimum absolute atomic E-state index is 0.205. The summed E-state index contributed by atoms with van der Waals surface area (Å²) in [4.78, 5) is 37.7. The number of hydrogen-bond donors (Lipinski definition) is 2. The van der Waals surface area contributed by atoms with Crippen molar-refractivity contribution in [2.24, 2.45) is 0 Å². The van der Waals surface area contributed by atoms with E-state index in [1.165, 1.54) is 24.3 Å². The number of rotatable bonds is 7. The van der Waals surface area contributed by atoms with Crippen LogP contribution < -0.4 is 0 Å². The molecule has 2 atom stereocenters. The molecule has 5 aromatic rings. The van der Waals surface area contributed by atoms with Gasteiger partial charge in [0.25, 0.3) is 0 Å². The number of benzene rings is 3. The van der Waals surface area contributed by atoms with Gasteiger partial charge in [0.1, 0.15) is 17.2 Å². The fourth-order valence-electron chi connectivity index (χ4n) is 7.85. The number of halogens is 2. The van der Waals surface area contributed by atoms with Gasteiger partial charge in [-0.15, -0.1) is 0 Å². The smallest absolute Gasteiger partial charge is 0.410 e. The van der Waals surface area contributed by atoms with Crippen molar-refractivity contribution in [3.63, 3.8) is 0 Å². The average Bonchev–Trinajstić information content (AvgIpc) is 3.82. The number of aromatic amines is 1. The second kappa shape index (κ2) is 12.5. The number of amides is 2. The van der Waals surface area contributed by atoms with E-state index < -0.39 is 28.9 Å². The molecular formula is C38H41F2N5O4. The van der Waals surface area contributed by atoms with E-state index in [0.29, 0.717) is 73.4 Å². The molecule has 0 unspecified atom stereocenters. The summed E-state index contributed by atoms with van der Waals surface area (Å²) in [6, 6.07) is 18.7. The van der Waals surface area contributed by atoms with Crippen LogP contribution in [0.1, 0.15) is 57.6 Å². The molecule has 49 heavy (non-hydrogen) atoms. The largest absolute Gasteiger partial charge is 0.465 e. The Morgan fingerprint density at radius 2 is 1.76 bits per heavy atom. The van der Waals surface area contributed by atoms with Crippen LogP contribution in [-0.4, -0.2) is 71.9 Å². The molecule has 0 radical (unpaired) electrons. The maximum atomic E-state index is 14.7. The van der Waals surface area contributed by atoms with Gasteiger partial charge in [-0.3, -0.25) is 0 Å². The standard InChI is InChI=1S/C38H41F2N5O4/c1-37(2,3)49-36(48)43-17-7-11-27(43)23-44-32-15-13-26(40)20-31(32)42-34(44)33-29(28-14-12-25(39)19-30(28)41-33)22-38(16-8-18-45(38)35(46)47)21-24-9-5-4-6-10-24/h4-6,9-10,12-15,19-20,27,41H,7-8,11,16-18,21-23H2,1-3H3,(H,46,47)/t27-,38-/m0/s1. The summed E-state index contributed by atoms with van der Waals surface area (Å²) < 4.78 is 37.1. The highest BCUT2D eigenvalue weighted by Gasteiger charge is 2.45. The fraction of sp³-hybridized carbons (Fsp3) is 0.395. The first-order valence-corrected chi connectivity index (χ1v) is 16.9. The van der Waals surface area contributed by atoms with Crippen molar-refractivity contribution in [3.05, 3.63) is 89.5 Å². The molecule has 4 heterocycles. The Balaban J connectivity index is 1.38. The SMILES string of the molecule is CC(C)(C)OC(=O)N1CCC[C@H]1Cn1c(-c2[nH]c3cc(F)ccc3c2C[C@@]2(Cc3ccccc3)CCCN2C(=O)O)nc2cc(F)ccc21. The Kier molecular flexibility index (Phi) is 8.32. The number of H-pyrrole nitrogens is 1. The van der Waals surface area contributed by atoms with Crippen molar-refractivity contribution < 1.29 is 28.2 Å². The van der Waals surface area contributed by atoms with Gasteiger partial charge in [0.2, 0.25) is 0 Å². The molecule has 2 saturated heterocycles. The van der Waals surface area contributed by atoms with Gasteiger partial charge >= 0.3 is 12.2 Å². The Morgan fingerprint density at radius 3 is 2.51 bits per heavy atom. The summed E-state index contributed by atoms with van der Waals surface area (Å²) in [6.45, 7) is 6.86.